The number of thioether (sulfide) groups is 1. The van der Waals surface area contributed by atoms with Gasteiger partial charge in [-0.25, -0.2) is 4.39 Å². The van der Waals surface area contributed by atoms with E-state index in [1.807, 2.05) is 23.9 Å². The van der Waals surface area contributed by atoms with Crippen LogP contribution < -0.4 is 0 Å². The quantitative estimate of drug-likeness (QED) is 0.537. The minimum absolute atomic E-state index is 0.172. The van der Waals surface area contributed by atoms with Crippen LogP contribution in [0.5, 0.6) is 0 Å². The first-order chi connectivity index (χ1) is 6.33. The zero-order chi connectivity index (χ0) is 9.52. The Balaban J connectivity index is 2.25. The van der Waals surface area contributed by atoms with Crippen LogP contribution in [0.15, 0.2) is 24.3 Å². The van der Waals surface area contributed by atoms with Gasteiger partial charge >= 0.3 is 0 Å². The molecular formula is C10H12ClFS. The smallest absolute Gasteiger partial charge is 0.123 e. The number of benzene rings is 1. The zero-order valence-electron chi connectivity index (χ0n) is 7.30. The van der Waals surface area contributed by atoms with Crippen molar-refractivity contribution in [3.63, 3.8) is 0 Å². The maximum absolute atomic E-state index is 12.5. The fraction of sp³-hybridized carbons (Fsp3) is 0.400. The second-order valence-corrected chi connectivity index (χ2v) is 4.20. The van der Waals surface area contributed by atoms with Crippen LogP contribution in [0.2, 0.25) is 0 Å². The van der Waals surface area contributed by atoms with Crippen molar-refractivity contribution in [3.8, 4) is 0 Å². The number of hydrogen-bond acceptors (Lipinski definition) is 1. The summed E-state index contributed by atoms with van der Waals surface area (Å²) in [5, 5.41) is 0. The van der Waals surface area contributed by atoms with Gasteiger partial charge in [-0.05, 0) is 29.9 Å². The molecule has 0 atom stereocenters. The topological polar surface area (TPSA) is 0 Å². The minimum atomic E-state index is -0.172. The summed E-state index contributed by atoms with van der Waals surface area (Å²) in [4.78, 5) is 0. The standard InChI is InChI=1S/C10H12ClFS/c11-6-1-7-13-8-9-2-4-10(12)5-3-9/h2-5H,1,6-8H2. The third-order valence-electron chi connectivity index (χ3n) is 1.60. The van der Waals surface area contributed by atoms with Gasteiger partial charge in [-0.3, -0.25) is 0 Å². The van der Waals surface area contributed by atoms with Gasteiger partial charge in [-0.1, -0.05) is 12.1 Å². The largest absolute Gasteiger partial charge is 0.207 e. The summed E-state index contributed by atoms with van der Waals surface area (Å²) in [7, 11) is 0. The highest BCUT2D eigenvalue weighted by Crippen LogP contribution is 2.13. The van der Waals surface area contributed by atoms with E-state index in [0.717, 1.165) is 23.8 Å². The molecule has 72 valence electrons. The van der Waals surface area contributed by atoms with E-state index in [1.165, 1.54) is 17.7 Å². The molecule has 1 rings (SSSR count). The highest BCUT2D eigenvalue weighted by molar-refractivity contribution is 7.98. The molecule has 0 aliphatic heterocycles. The number of alkyl halides is 1. The van der Waals surface area contributed by atoms with Crippen LogP contribution >= 0.6 is 23.4 Å². The molecule has 3 heteroatoms. The van der Waals surface area contributed by atoms with E-state index < -0.39 is 0 Å². The van der Waals surface area contributed by atoms with E-state index in [-0.39, 0.29) is 5.82 Å². The van der Waals surface area contributed by atoms with E-state index in [2.05, 4.69) is 0 Å². The van der Waals surface area contributed by atoms with E-state index in [9.17, 15) is 4.39 Å². The predicted molar refractivity (Wildman–Crippen MR) is 57.9 cm³/mol. The minimum Gasteiger partial charge on any atom is -0.207 e. The summed E-state index contributed by atoms with van der Waals surface area (Å²) in [6.07, 6.45) is 1.04. The second kappa shape index (κ2) is 6.28. The molecule has 1 aromatic carbocycles. The summed E-state index contributed by atoms with van der Waals surface area (Å²) in [6, 6.07) is 6.64. The Kier molecular flexibility index (Phi) is 5.25. The highest BCUT2D eigenvalue weighted by atomic mass is 35.5. The summed E-state index contributed by atoms with van der Waals surface area (Å²) >= 11 is 7.37. The summed E-state index contributed by atoms with van der Waals surface area (Å²) in [6.45, 7) is 0. The number of rotatable bonds is 5. The molecular weight excluding hydrogens is 207 g/mol. The Morgan fingerprint density at radius 3 is 2.54 bits per heavy atom. The summed E-state index contributed by atoms with van der Waals surface area (Å²) < 4.78 is 12.5. The Morgan fingerprint density at radius 2 is 1.92 bits per heavy atom. The van der Waals surface area contributed by atoms with Crippen LogP contribution in [0.3, 0.4) is 0 Å². The van der Waals surface area contributed by atoms with E-state index >= 15 is 0 Å². The molecule has 0 aromatic heterocycles. The molecule has 0 aliphatic rings. The third-order valence-corrected chi connectivity index (χ3v) is 2.99. The lowest BCUT2D eigenvalue weighted by Crippen LogP contribution is -1.84. The van der Waals surface area contributed by atoms with Gasteiger partial charge in [0.2, 0.25) is 0 Å². The Hall–Kier alpha value is -0.210. The lowest BCUT2D eigenvalue weighted by Gasteiger charge is -2.00. The average Bonchev–Trinajstić information content (AvgIpc) is 2.15. The number of hydrogen-bond donors (Lipinski definition) is 0. The van der Waals surface area contributed by atoms with Crippen molar-refractivity contribution < 1.29 is 4.39 Å². The first-order valence-corrected chi connectivity index (χ1v) is 5.90. The van der Waals surface area contributed by atoms with Crippen LogP contribution in [-0.4, -0.2) is 11.6 Å². The van der Waals surface area contributed by atoms with Crippen LogP contribution in [0, 0.1) is 5.82 Å². The van der Waals surface area contributed by atoms with Gasteiger partial charge in [-0.2, -0.15) is 11.8 Å². The van der Waals surface area contributed by atoms with Gasteiger partial charge in [0.15, 0.2) is 0 Å². The van der Waals surface area contributed by atoms with Crippen molar-refractivity contribution in [3.05, 3.63) is 35.6 Å². The van der Waals surface area contributed by atoms with E-state index in [0.29, 0.717) is 0 Å². The van der Waals surface area contributed by atoms with Crippen molar-refractivity contribution >= 4 is 23.4 Å². The van der Waals surface area contributed by atoms with Gasteiger partial charge < -0.3 is 0 Å². The molecule has 13 heavy (non-hydrogen) atoms. The lowest BCUT2D eigenvalue weighted by atomic mass is 10.2. The van der Waals surface area contributed by atoms with Gasteiger partial charge in [0.25, 0.3) is 0 Å². The van der Waals surface area contributed by atoms with Crippen molar-refractivity contribution in [1.82, 2.24) is 0 Å². The maximum Gasteiger partial charge on any atom is 0.123 e. The molecule has 0 unspecified atom stereocenters. The summed E-state index contributed by atoms with van der Waals surface area (Å²) in [5.41, 5.74) is 1.17. The van der Waals surface area contributed by atoms with Gasteiger partial charge in [0.05, 0.1) is 0 Å². The van der Waals surface area contributed by atoms with Crippen molar-refractivity contribution in [2.75, 3.05) is 11.6 Å². The van der Waals surface area contributed by atoms with Crippen molar-refractivity contribution in [2.24, 2.45) is 0 Å². The Bertz CT molecular complexity index is 235. The lowest BCUT2D eigenvalue weighted by molar-refractivity contribution is 0.627. The van der Waals surface area contributed by atoms with E-state index in [1.54, 1.807) is 0 Å². The molecule has 0 bridgehead atoms. The Labute approximate surface area is 87.5 Å². The molecule has 0 saturated heterocycles. The normalized spacial score (nSPS) is 10.3. The van der Waals surface area contributed by atoms with Crippen molar-refractivity contribution in [2.45, 2.75) is 12.2 Å². The van der Waals surface area contributed by atoms with E-state index in [4.69, 9.17) is 11.6 Å². The third kappa shape index (κ3) is 4.53. The zero-order valence-corrected chi connectivity index (χ0v) is 8.87. The van der Waals surface area contributed by atoms with Gasteiger partial charge in [-0.15, -0.1) is 11.6 Å². The number of halogens is 2. The van der Waals surface area contributed by atoms with Crippen LogP contribution in [0.1, 0.15) is 12.0 Å². The molecule has 0 nitrogen and oxygen atoms in total. The summed E-state index contributed by atoms with van der Waals surface area (Å²) in [5.74, 6) is 2.56. The average molecular weight is 219 g/mol. The molecule has 0 aliphatic carbocycles. The molecule has 0 heterocycles. The van der Waals surface area contributed by atoms with Crippen LogP contribution in [-0.2, 0) is 5.75 Å². The van der Waals surface area contributed by atoms with Crippen molar-refractivity contribution in [1.29, 1.82) is 0 Å². The second-order valence-electron chi connectivity index (χ2n) is 2.72. The SMILES string of the molecule is Fc1ccc(CSCCCCl)cc1. The fourth-order valence-electron chi connectivity index (χ4n) is 0.927. The Morgan fingerprint density at radius 1 is 1.23 bits per heavy atom. The molecule has 0 N–H and O–H groups in total. The molecule has 0 spiro atoms. The van der Waals surface area contributed by atoms with Gasteiger partial charge in [0, 0.05) is 11.6 Å². The molecule has 0 radical (unpaired) electrons. The monoisotopic (exact) mass is 218 g/mol. The first kappa shape index (κ1) is 10.9. The highest BCUT2D eigenvalue weighted by Gasteiger charge is 1.94. The molecule has 0 saturated carbocycles. The fourth-order valence-corrected chi connectivity index (χ4v) is 2.14. The first-order valence-electron chi connectivity index (χ1n) is 4.21. The van der Waals surface area contributed by atoms with Crippen LogP contribution in [0.25, 0.3) is 0 Å². The molecule has 0 amide bonds. The molecule has 0 fully saturated rings. The predicted octanol–water partition coefficient (Wildman–Crippen LogP) is 3.69. The van der Waals surface area contributed by atoms with Gasteiger partial charge in [0.1, 0.15) is 5.82 Å². The molecule has 1 aromatic rings. The van der Waals surface area contributed by atoms with Crippen LogP contribution in [0.4, 0.5) is 4.39 Å². The maximum atomic E-state index is 12.5.